The molecule has 87 heavy (non-hydrogen) atoms. The van der Waals surface area contributed by atoms with Gasteiger partial charge in [0, 0.05) is 55.6 Å². The number of benzene rings is 9. The fraction of sp³-hybridized carbons (Fsp3) is 0.309. The smallest absolute Gasteiger partial charge is 0.297 e. The average Bonchev–Trinajstić information content (AvgIpc) is 1.62. The molecule has 2 aromatic heterocycles. The second kappa shape index (κ2) is 18.9. The number of hydrogen-bond acceptors (Lipinski definition) is 5. The van der Waals surface area contributed by atoms with Crippen molar-refractivity contribution in [3.63, 3.8) is 0 Å². The standard InChI is InChI=1S/C81H78BN3O2/c1-78(2,3)51-35-41-56(42-36-51)83(68-27-17-23-60-59-21-14-16-28-71(59)86-76(60)68)58-47-69-74-70(48-58)85(67-26-18-25-64-73(67)61-22-13-15-24-63(61)81(64)52-31-32-53(81)34-33-52)66-43-37-55(80(7,8)9)46-65(66)82(74)77-75(62-45-54(79(4,5)6)38-44-72(62)87-77)84(69)57-39-29-50(30-40-57)49-19-11-10-12-20-49/h13-18,21-30,35-49,52-53H,10-12,19-20,31-34H2,1-9H3. The van der Waals surface area contributed by atoms with E-state index in [2.05, 4.69) is 259 Å². The maximum atomic E-state index is 7.66. The third kappa shape index (κ3) is 7.77. The molecule has 1 spiro atoms. The van der Waals surface area contributed by atoms with Gasteiger partial charge in [-0.1, -0.05) is 191 Å². The molecular weight excluding hydrogens is 1060 g/mol. The van der Waals surface area contributed by atoms with Crippen molar-refractivity contribution in [1.29, 1.82) is 0 Å². The van der Waals surface area contributed by atoms with E-state index in [0.717, 1.165) is 78.4 Å². The third-order valence-corrected chi connectivity index (χ3v) is 21.9. The maximum Gasteiger partial charge on any atom is 0.297 e. The van der Waals surface area contributed by atoms with Gasteiger partial charge in [0.1, 0.15) is 11.2 Å². The van der Waals surface area contributed by atoms with Crippen LogP contribution in [0.25, 0.3) is 44.0 Å². The number of anilines is 9. The van der Waals surface area contributed by atoms with Gasteiger partial charge in [0.05, 0.1) is 28.4 Å². The van der Waals surface area contributed by atoms with Gasteiger partial charge in [-0.15, -0.1) is 0 Å². The van der Waals surface area contributed by atoms with E-state index in [0.29, 0.717) is 17.8 Å². The highest BCUT2D eigenvalue weighted by molar-refractivity contribution is 7.00. The number of nitrogens with zero attached hydrogens (tertiary/aromatic N) is 3. The molecule has 0 saturated heterocycles. The Labute approximate surface area is 514 Å². The Kier molecular flexibility index (Phi) is 11.5. The predicted octanol–water partition coefficient (Wildman–Crippen LogP) is 20.9. The Balaban J connectivity index is 1.02. The number of furan rings is 2. The van der Waals surface area contributed by atoms with Crippen LogP contribution in [0.15, 0.2) is 191 Å². The Morgan fingerprint density at radius 3 is 1.83 bits per heavy atom. The molecule has 6 heteroatoms. The van der Waals surface area contributed by atoms with Crippen LogP contribution >= 0.6 is 0 Å². The van der Waals surface area contributed by atoms with Crippen LogP contribution in [0, 0.1) is 11.8 Å². The Hall–Kier alpha value is -8.22. The van der Waals surface area contributed by atoms with Crippen molar-refractivity contribution in [3.8, 4) is 11.1 Å². The van der Waals surface area contributed by atoms with Crippen LogP contribution in [-0.2, 0) is 21.7 Å². The minimum atomic E-state index is -0.241. The zero-order valence-corrected chi connectivity index (χ0v) is 52.2. The molecule has 17 rings (SSSR count). The lowest BCUT2D eigenvalue weighted by molar-refractivity contribution is 0.400. The van der Waals surface area contributed by atoms with Crippen molar-refractivity contribution in [2.24, 2.45) is 11.8 Å². The molecule has 2 bridgehead atoms. The zero-order chi connectivity index (χ0) is 59.0. The van der Waals surface area contributed by atoms with E-state index in [1.165, 1.54) is 119 Å². The highest BCUT2D eigenvalue weighted by Gasteiger charge is 2.60. The van der Waals surface area contributed by atoms with Gasteiger partial charge in [-0.05, 0) is 195 Å². The summed E-state index contributed by atoms with van der Waals surface area (Å²) in [7, 11) is 0. The van der Waals surface area contributed by atoms with Gasteiger partial charge >= 0.3 is 0 Å². The lowest BCUT2D eigenvalue weighted by Gasteiger charge is -2.44. The predicted molar refractivity (Wildman–Crippen MR) is 366 cm³/mol. The summed E-state index contributed by atoms with van der Waals surface area (Å²) in [6, 6.07) is 70.8. The van der Waals surface area contributed by atoms with Crippen molar-refractivity contribution in [3.05, 3.63) is 215 Å². The fourth-order valence-electron chi connectivity index (χ4n) is 17.6. The minimum absolute atomic E-state index is 0.0113. The molecule has 432 valence electrons. The van der Waals surface area contributed by atoms with E-state index in [1.807, 2.05) is 0 Å². The molecule has 6 aliphatic rings. The highest BCUT2D eigenvalue weighted by atomic mass is 16.3. The van der Waals surface area contributed by atoms with E-state index in [9.17, 15) is 0 Å². The van der Waals surface area contributed by atoms with E-state index in [1.54, 1.807) is 5.56 Å². The summed E-state index contributed by atoms with van der Waals surface area (Å²) in [5.41, 5.74) is 27.2. The van der Waals surface area contributed by atoms with Gasteiger partial charge in [0.2, 0.25) is 0 Å². The molecule has 3 fully saturated rings. The van der Waals surface area contributed by atoms with Gasteiger partial charge in [-0.25, -0.2) is 0 Å². The lowest BCUT2D eigenvalue weighted by Crippen LogP contribution is -2.61. The van der Waals surface area contributed by atoms with E-state index >= 15 is 0 Å². The van der Waals surface area contributed by atoms with E-state index in [-0.39, 0.29) is 28.4 Å². The lowest BCUT2D eigenvalue weighted by atomic mass is 9.35. The van der Waals surface area contributed by atoms with E-state index < -0.39 is 0 Å². The molecule has 0 radical (unpaired) electrons. The molecule has 0 amide bonds. The van der Waals surface area contributed by atoms with Crippen molar-refractivity contribution in [2.75, 3.05) is 14.7 Å². The molecule has 9 aromatic carbocycles. The van der Waals surface area contributed by atoms with Gasteiger partial charge in [0.15, 0.2) is 5.58 Å². The van der Waals surface area contributed by atoms with Gasteiger partial charge in [-0.3, -0.25) is 0 Å². The molecule has 2 aliphatic heterocycles. The van der Waals surface area contributed by atoms with Crippen molar-refractivity contribution in [1.82, 2.24) is 0 Å². The average molecular weight is 1140 g/mol. The third-order valence-electron chi connectivity index (χ3n) is 21.9. The molecule has 4 aliphatic carbocycles. The van der Waals surface area contributed by atoms with E-state index in [4.69, 9.17) is 8.83 Å². The molecule has 0 atom stereocenters. The normalized spacial score (nSPS) is 19.5. The first kappa shape index (κ1) is 53.1. The van der Waals surface area contributed by atoms with Crippen LogP contribution < -0.4 is 31.3 Å². The summed E-state index contributed by atoms with van der Waals surface area (Å²) in [5, 5.41) is 3.35. The molecule has 0 unspecified atom stereocenters. The van der Waals surface area contributed by atoms with Crippen LogP contribution in [0.4, 0.5) is 51.2 Å². The molecule has 0 N–H and O–H groups in total. The Morgan fingerprint density at radius 1 is 0.471 bits per heavy atom. The molecule has 5 nitrogen and oxygen atoms in total. The zero-order valence-electron chi connectivity index (χ0n) is 52.2. The van der Waals surface area contributed by atoms with Crippen LogP contribution in [0.3, 0.4) is 0 Å². The Morgan fingerprint density at radius 2 is 1.09 bits per heavy atom. The highest BCUT2D eigenvalue weighted by Crippen LogP contribution is 2.69. The SMILES string of the molecule is CC(C)(C)c1ccc(N(c2cc3c4c(c2)N(c2ccc(C5CCCCC5)cc2)c2c(oc5ccc(C(C)(C)C)cc25)B4c2cc(C(C)(C)C)ccc2N3c2cccc3c2-c2ccccc2C32C3CCC2CC3)c2cccc3c2oc2ccccc23)cc1. The first-order valence-corrected chi connectivity index (χ1v) is 32.7. The van der Waals surface area contributed by atoms with Crippen LogP contribution in [-0.4, -0.2) is 6.71 Å². The molecule has 4 heterocycles. The molecule has 3 saturated carbocycles. The maximum absolute atomic E-state index is 7.66. The van der Waals surface area contributed by atoms with Gasteiger partial charge < -0.3 is 23.5 Å². The van der Waals surface area contributed by atoms with Crippen LogP contribution in [0.1, 0.15) is 159 Å². The Bertz CT molecular complexity index is 4590. The van der Waals surface area contributed by atoms with Crippen molar-refractivity contribution < 1.29 is 8.83 Å². The number of hydrogen-bond donors (Lipinski definition) is 0. The number of fused-ring (bicyclic) bond motifs is 12. The number of para-hydroxylation sites is 2. The monoisotopic (exact) mass is 1140 g/mol. The summed E-state index contributed by atoms with van der Waals surface area (Å²) < 4.78 is 14.8. The van der Waals surface area contributed by atoms with Gasteiger partial charge in [0.25, 0.3) is 6.71 Å². The summed E-state index contributed by atoms with van der Waals surface area (Å²) in [4.78, 5) is 7.83. The van der Waals surface area contributed by atoms with Crippen LogP contribution in [0.5, 0.6) is 0 Å². The summed E-state index contributed by atoms with van der Waals surface area (Å²) in [6.07, 6.45) is 11.6. The topological polar surface area (TPSA) is 36.0 Å². The molecule has 11 aromatic rings. The summed E-state index contributed by atoms with van der Waals surface area (Å²) in [5.74, 6) is 1.84. The summed E-state index contributed by atoms with van der Waals surface area (Å²) in [6.45, 7) is 20.8. The quantitative estimate of drug-likeness (QED) is 0.155. The van der Waals surface area contributed by atoms with Crippen molar-refractivity contribution >= 4 is 107 Å². The number of rotatable bonds is 6. The van der Waals surface area contributed by atoms with Gasteiger partial charge in [-0.2, -0.15) is 0 Å². The minimum Gasteiger partial charge on any atom is -0.468 e. The molecular formula is C81H78BN3O2. The van der Waals surface area contributed by atoms with Crippen LogP contribution in [0.2, 0.25) is 0 Å². The second-order valence-corrected chi connectivity index (χ2v) is 29.8. The first-order valence-electron chi connectivity index (χ1n) is 32.7. The fourth-order valence-corrected chi connectivity index (χ4v) is 17.6. The van der Waals surface area contributed by atoms with Crippen molar-refractivity contribution in [2.45, 2.75) is 148 Å². The summed E-state index contributed by atoms with van der Waals surface area (Å²) >= 11 is 0. The largest absolute Gasteiger partial charge is 0.468 e. The second-order valence-electron chi connectivity index (χ2n) is 29.8. The first-order chi connectivity index (χ1) is 42.0.